The van der Waals surface area contributed by atoms with Crippen LogP contribution in [-0.2, 0) is 0 Å². The predicted molar refractivity (Wildman–Crippen MR) is 107 cm³/mol. The third-order valence-electron chi connectivity index (χ3n) is 4.29. The number of methoxy groups -OCH3 is 4. The molecule has 5 nitrogen and oxygen atoms in total. The van der Waals surface area contributed by atoms with Crippen LogP contribution >= 0.6 is 0 Å². The number of hydrogen-bond donors (Lipinski definition) is 0. The minimum Gasteiger partial charge on any atom is -0.497 e. The fraction of sp³-hybridized carbons (Fsp3) is 0.182. The van der Waals surface area contributed by atoms with Crippen LogP contribution in [0.1, 0.15) is 0 Å². The molecule has 0 saturated carbocycles. The van der Waals surface area contributed by atoms with E-state index in [4.69, 9.17) is 18.9 Å². The Morgan fingerprint density at radius 2 is 0.963 bits per heavy atom. The first-order valence-electron chi connectivity index (χ1n) is 8.50. The molecule has 0 aliphatic rings. The molecule has 0 spiro atoms. The van der Waals surface area contributed by atoms with Gasteiger partial charge < -0.3 is 23.8 Å². The number of nitrogens with zero attached hydrogens (tertiary/aromatic N) is 1. The summed E-state index contributed by atoms with van der Waals surface area (Å²) in [5, 5.41) is 0. The van der Waals surface area contributed by atoms with Crippen molar-refractivity contribution >= 4 is 17.1 Å². The van der Waals surface area contributed by atoms with Crippen LogP contribution in [0.2, 0.25) is 0 Å². The number of anilines is 3. The first-order valence-corrected chi connectivity index (χ1v) is 8.50. The summed E-state index contributed by atoms with van der Waals surface area (Å²) in [7, 11) is 6.60. The van der Waals surface area contributed by atoms with E-state index in [2.05, 4.69) is 4.90 Å². The lowest BCUT2D eigenvalue weighted by molar-refractivity contribution is 0.395. The van der Waals surface area contributed by atoms with Gasteiger partial charge in [0.05, 0.1) is 34.1 Å². The standard InChI is InChI=1S/C22H23NO4/c1-24-18-9-5-16(6-10-18)23(17-7-11-19(25-2)12-8-17)21-14-13-20(26-3)15-22(21)27-4/h5-15H,1-4H3. The maximum Gasteiger partial charge on any atom is 0.146 e. The lowest BCUT2D eigenvalue weighted by Gasteiger charge is -2.27. The van der Waals surface area contributed by atoms with E-state index in [1.165, 1.54) is 0 Å². The van der Waals surface area contributed by atoms with Gasteiger partial charge in [0.2, 0.25) is 0 Å². The topological polar surface area (TPSA) is 40.2 Å². The molecule has 0 amide bonds. The highest BCUT2D eigenvalue weighted by molar-refractivity contribution is 5.81. The van der Waals surface area contributed by atoms with Gasteiger partial charge in [-0.25, -0.2) is 0 Å². The average Bonchev–Trinajstić information content (AvgIpc) is 2.75. The van der Waals surface area contributed by atoms with Gasteiger partial charge in [-0.2, -0.15) is 0 Å². The van der Waals surface area contributed by atoms with Crippen LogP contribution in [0.5, 0.6) is 23.0 Å². The van der Waals surface area contributed by atoms with Crippen molar-refractivity contribution in [1.82, 2.24) is 0 Å². The summed E-state index contributed by atoms with van der Waals surface area (Å²) in [6.45, 7) is 0. The van der Waals surface area contributed by atoms with Gasteiger partial charge in [0.15, 0.2) is 0 Å². The molecule has 140 valence electrons. The third kappa shape index (κ3) is 3.92. The lowest BCUT2D eigenvalue weighted by Crippen LogP contribution is -2.11. The van der Waals surface area contributed by atoms with Crippen LogP contribution < -0.4 is 23.8 Å². The zero-order valence-corrected chi connectivity index (χ0v) is 15.9. The van der Waals surface area contributed by atoms with Gasteiger partial charge in [-0.15, -0.1) is 0 Å². The van der Waals surface area contributed by atoms with E-state index in [9.17, 15) is 0 Å². The third-order valence-corrected chi connectivity index (χ3v) is 4.29. The first kappa shape index (κ1) is 18.5. The molecule has 0 aliphatic carbocycles. The summed E-state index contributed by atoms with van der Waals surface area (Å²) in [5.41, 5.74) is 2.85. The molecule has 3 aromatic carbocycles. The minimum absolute atomic E-state index is 0.709. The molecular weight excluding hydrogens is 342 g/mol. The molecule has 3 aromatic rings. The number of rotatable bonds is 7. The van der Waals surface area contributed by atoms with Gasteiger partial charge in [0, 0.05) is 17.4 Å². The summed E-state index contributed by atoms with van der Waals surface area (Å²) in [6.07, 6.45) is 0. The van der Waals surface area contributed by atoms with Gasteiger partial charge >= 0.3 is 0 Å². The van der Waals surface area contributed by atoms with Crippen LogP contribution in [0, 0.1) is 0 Å². The van der Waals surface area contributed by atoms with E-state index >= 15 is 0 Å². The molecule has 5 heteroatoms. The first-order chi connectivity index (χ1) is 13.2. The van der Waals surface area contributed by atoms with Crippen molar-refractivity contribution in [2.24, 2.45) is 0 Å². The second-order valence-electron chi connectivity index (χ2n) is 5.77. The fourth-order valence-corrected chi connectivity index (χ4v) is 2.86. The minimum atomic E-state index is 0.709. The Kier molecular flexibility index (Phi) is 5.71. The monoisotopic (exact) mass is 365 g/mol. The van der Waals surface area contributed by atoms with Crippen LogP contribution in [0.4, 0.5) is 17.1 Å². The van der Waals surface area contributed by atoms with Gasteiger partial charge in [-0.3, -0.25) is 0 Å². The van der Waals surface area contributed by atoms with Gasteiger partial charge in [-0.05, 0) is 60.7 Å². The quantitative estimate of drug-likeness (QED) is 0.576. The van der Waals surface area contributed by atoms with Crippen molar-refractivity contribution in [3.8, 4) is 23.0 Å². The molecule has 0 aromatic heterocycles. The maximum absolute atomic E-state index is 5.63. The van der Waals surface area contributed by atoms with Crippen LogP contribution in [0.15, 0.2) is 66.7 Å². The smallest absolute Gasteiger partial charge is 0.146 e. The Bertz CT molecular complexity index is 828. The van der Waals surface area contributed by atoms with Gasteiger partial charge in [0.1, 0.15) is 23.0 Å². The molecule has 27 heavy (non-hydrogen) atoms. The highest BCUT2D eigenvalue weighted by Crippen LogP contribution is 2.42. The van der Waals surface area contributed by atoms with Crippen LogP contribution in [0.25, 0.3) is 0 Å². The molecule has 0 N–H and O–H groups in total. The molecular formula is C22H23NO4. The maximum atomic E-state index is 5.63. The predicted octanol–water partition coefficient (Wildman–Crippen LogP) is 5.19. The summed E-state index contributed by atoms with van der Waals surface area (Å²) in [4.78, 5) is 2.11. The number of benzene rings is 3. The normalized spacial score (nSPS) is 10.2. The summed E-state index contributed by atoms with van der Waals surface area (Å²) < 4.78 is 21.5. The Labute approximate surface area is 159 Å². The molecule has 0 fully saturated rings. The second kappa shape index (κ2) is 8.36. The lowest BCUT2D eigenvalue weighted by atomic mass is 10.1. The van der Waals surface area contributed by atoms with Crippen molar-refractivity contribution in [2.45, 2.75) is 0 Å². The molecule has 0 aliphatic heterocycles. The molecule has 0 bridgehead atoms. The van der Waals surface area contributed by atoms with Crippen molar-refractivity contribution in [1.29, 1.82) is 0 Å². The Hall–Kier alpha value is -3.34. The van der Waals surface area contributed by atoms with Crippen molar-refractivity contribution < 1.29 is 18.9 Å². The van der Waals surface area contributed by atoms with E-state index in [0.717, 1.165) is 34.3 Å². The van der Waals surface area contributed by atoms with E-state index in [1.807, 2.05) is 66.7 Å². The molecule has 0 radical (unpaired) electrons. The zero-order valence-electron chi connectivity index (χ0n) is 15.9. The summed E-state index contributed by atoms with van der Waals surface area (Å²) in [6, 6.07) is 21.5. The van der Waals surface area contributed by atoms with Gasteiger partial charge in [-0.1, -0.05) is 0 Å². The second-order valence-corrected chi connectivity index (χ2v) is 5.77. The Morgan fingerprint density at radius 3 is 1.37 bits per heavy atom. The summed E-state index contributed by atoms with van der Waals surface area (Å²) >= 11 is 0. The van der Waals surface area contributed by atoms with Crippen molar-refractivity contribution in [3.05, 3.63) is 66.7 Å². The van der Waals surface area contributed by atoms with E-state index in [1.54, 1.807) is 28.4 Å². The highest BCUT2D eigenvalue weighted by atomic mass is 16.5. The molecule has 0 atom stereocenters. The van der Waals surface area contributed by atoms with E-state index < -0.39 is 0 Å². The largest absolute Gasteiger partial charge is 0.497 e. The average molecular weight is 365 g/mol. The Balaban J connectivity index is 2.14. The molecule has 0 unspecified atom stereocenters. The van der Waals surface area contributed by atoms with E-state index in [0.29, 0.717) is 5.75 Å². The number of hydrogen-bond acceptors (Lipinski definition) is 5. The van der Waals surface area contributed by atoms with Crippen molar-refractivity contribution in [3.63, 3.8) is 0 Å². The van der Waals surface area contributed by atoms with Gasteiger partial charge in [0.25, 0.3) is 0 Å². The highest BCUT2D eigenvalue weighted by Gasteiger charge is 2.17. The fourth-order valence-electron chi connectivity index (χ4n) is 2.86. The Morgan fingerprint density at radius 1 is 0.519 bits per heavy atom. The number of ether oxygens (including phenoxy) is 4. The van der Waals surface area contributed by atoms with Crippen LogP contribution in [-0.4, -0.2) is 28.4 Å². The SMILES string of the molecule is COc1ccc(N(c2ccc(OC)cc2)c2ccc(OC)cc2OC)cc1. The molecule has 3 rings (SSSR count). The van der Waals surface area contributed by atoms with Crippen LogP contribution in [0.3, 0.4) is 0 Å². The molecule has 0 heterocycles. The summed E-state index contributed by atoms with van der Waals surface area (Å²) in [5.74, 6) is 3.05. The molecule has 0 saturated heterocycles. The zero-order chi connectivity index (χ0) is 19.2. The van der Waals surface area contributed by atoms with Crippen molar-refractivity contribution in [2.75, 3.05) is 33.3 Å². The van der Waals surface area contributed by atoms with E-state index in [-0.39, 0.29) is 0 Å².